The highest BCUT2D eigenvalue weighted by molar-refractivity contribution is 7.92. The first-order valence-electron chi connectivity index (χ1n) is 10.6. The van der Waals surface area contributed by atoms with Gasteiger partial charge in [-0.1, -0.05) is 18.3 Å². The van der Waals surface area contributed by atoms with Crippen molar-refractivity contribution in [1.82, 2.24) is 9.47 Å². The van der Waals surface area contributed by atoms with Crippen LogP contribution in [0.25, 0.3) is 10.2 Å². The molecule has 1 aromatic carbocycles. The lowest BCUT2D eigenvalue weighted by atomic mass is 10.0. The minimum absolute atomic E-state index is 0.0121. The van der Waals surface area contributed by atoms with Gasteiger partial charge in [-0.3, -0.25) is 14.4 Å². The number of hydrogen-bond donors (Lipinski definition) is 0. The minimum Gasteiger partial charge on any atom is -0.468 e. The second-order valence-electron chi connectivity index (χ2n) is 7.84. The normalized spacial score (nSPS) is 17.4. The number of hydrogen-bond acceptors (Lipinski definition) is 7. The molecule has 9 nitrogen and oxygen atoms in total. The third kappa shape index (κ3) is 6.26. The van der Waals surface area contributed by atoms with Crippen molar-refractivity contribution in [3.63, 3.8) is 0 Å². The van der Waals surface area contributed by atoms with Crippen molar-refractivity contribution in [3.8, 4) is 0 Å². The third-order valence-corrected chi connectivity index (χ3v) is 7.90. The van der Waals surface area contributed by atoms with E-state index in [2.05, 4.69) is 9.73 Å². The molecule has 0 N–H and O–H groups in total. The van der Waals surface area contributed by atoms with E-state index in [1.54, 1.807) is 4.90 Å². The molecule has 1 unspecified atom stereocenters. The number of piperidine rings is 1. The van der Waals surface area contributed by atoms with E-state index in [9.17, 15) is 27.2 Å². The summed E-state index contributed by atoms with van der Waals surface area (Å²) in [5.41, 5.74) is 0.451. The molecular formula is C21H26FN3O6S2. The van der Waals surface area contributed by atoms with E-state index in [0.29, 0.717) is 16.8 Å². The molecule has 3 rings (SSSR count). The van der Waals surface area contributed by atoms with Crippen LogP contribution in [0.2, 0.25) is 0 Å². The summed E-state index contributed by atoms with van der Waals surface area (Å²) in [5, 5.41) is 0. The monoisotopic (exact) mass is 499 g/mol. The standard InChI is InChI=1S/C21H26FN3O6S2/c1-3-15-6-4-5-9-24(15)19(27)13-33(29,30)12-18(26)23-21-25(11-20(28)31-2)16-8-7-14(22)10-17(16)32-21/h7-8,10,15H,3-6,9,11-13H2,1-2H3. The van der Waals surface area contributed by atoms with Crippen molar-refractivity contribution in [2.75, 3.05) is 25.2 Å². The maximum Gasteiger partial charge on any atom is 0.325 e. The van der Waals surface area contributed by atoms with Crippen LogP contribution >= 0.6 is 11.3 Å². The van der Waals surface area contributed by atoms with Gasteiger partial charge in [-0.25, -0.2) is 12.8 Å². The highest BCUT2D eigenvalue weighted by atomic mass is 32.2. The summed E-state index contributed by atoms with van der Waals surface area (Å²) in [7, 11) is -2.85. The zero-order chi connectivity index (χ0) is 24.2. The molecule has 33 heavy (non-hydrogen) atoms. The maximum absolute atomic E-state index is 13.6. The van der Waals surface area contributed by atoms with Gasteiger partial charge in [0.15, 0.2) is 14.6 Å². The lowest BCUT2D eigenvalue weighted by Gasteiger charge is -2.35. The van der Waals surface area contributed by atoms with Gasteiger partial charge in [-0.15, -0.1) is 0 Å². The number of benzene rings is 1. The van der Waals surface area contributed by atoms with Gasteiger partial charge < -0.3 is 14.2 Å². The van der Waals surface area contributed by atoms with Crippen molar-refractivity contribution < 1.29 is 31.9 Å². The summed E-state index contributed by atoms with van der Waals surface area (Å²) in [5.74, 6) is -4.30. The number of nitrogens with zero attached hydrogens (tertiary/aromatic N) is 3. The number of esters is 1. The van der Waals surface area contributed by atoms with Gasteiger partial charge in [0.2, 0.25) is 5.91 Å². The van der Waals surface area contributed by atoms with Crippen LogP contribution in [0.5, 0.6) is 0 Å². The number of carbonyl (C=O) groups is 3. The van der Waals surface area contributed by atoms with E-state index >= 15 is 0 Å². The van der Waals surface area contributed by atoms with Crippen molar-refractivity contribution in [3.05, 3.63) is 28.8 Å². The smallest absolute Gasteiger partial charge is 0.325 e. The lowest BCUT2D eigenvalue weighted by Crippen LogP contribution is -2.46. The van der Waals surface area contributed by atoms with E-state index in [4.69, 9.17) is 0 Å². The van der Waals surface area contributed by atoms with Gasteiger partial charge >= 0.3 is 5.97 Å². The van der Waals surface area contributed by atoms with Crippen molar-refractivity contribution in [1.29, 1.82) is 0 Å². The van der Waals surface area contributed by atoms with Gasteiger partial charge in [0.1, 0.15) is 23.9 Å². The molecule has 1 aromatic heterocycles. The molecular weight excluding hydrogens is 473 g/mol. The first-order chi connectivity index (χ1) is 15.6. The third-order valence-electron chi connectivity index (χ3n) is 5.49. The summed E-state index contributed by atoms with van der Waals surface area (Å²) in [6, 6.07) is 3.88. The average Bonchev–Trinajstić information content (AvgIpc) is 3.08. The number of likely N-dealkylation sites (tertiary alicyclic amines) is 1. The second-order valence-corrected chi connectivity index (χ2v) is 10.9. The molecule has 12 heteroatoms. The molecule has 180 valence electrons. The predicted molar refractivity (Wildman–Crippen MR) is 121 cm³/mol. The Morgan fingerprint density at radius 1 is 1.24 bits per heavy atom. The molecule has 2 amide bonds. The fraction of sp³-hybridized carbons (Fsp3) is 0.524. The van der Waals surface area contributed by atoms with Crippen LogP contribution < -0.4 is 4.80 Å². The van der Waals surface area contributed by atoms with Gasteiger partial charge in [0.05, 0.1) is 17.3 Å². The summed E-state index contributed by atoms with van der Waals surface area (Å²) in [6.45, 7) is 2.18. The Balaban J connectivity index is 1.82. The molecule has 0 spiro atoms. The first-order valence-corrected chi connectivity index (χ1v) is 13.2. The number of ether oxygens (including phenoxy) is 1. The largest absolute Gasteiger partial charge is 0.468 e. The van der Waals surface area contributed by atoms with Crippen molar-refractivity contribution in [2.45, 2.75) is 45.2 Å². The highest BCUT2D eigenvalue weighted by Gasteiger charge is 2.29. The minimum atomic E-state index is -4.05. The number of fused-ring (bicyclic) bond motifs is 1. The summed E-state index contributed by atoms with van der Waals surface area (Å²) >= 11 is 0.942. The predicted octanol–water partition coefficient (Wildman–Crippen LogP) is 1.65. The van der Waals surface area contributed by atoms with Gasteiger partial charge in [-0.2, -0.15) is 4.99 Å². The Hall–Kier alpha value is -2.60. The number of amides is 2. The summed E-state index contributed by atoms with van der Waals surface area (Å²) in [4.78, 5) is 42.4. The van der Waals surface area contributed by atoms with E-state index in [0.717, 1.165) is 37.0 Å². The maximum atomic E-state index is 13.6. The van der Waals surface area contributed by atoms with Crippen LogP contribution in [-0.2, 0) is 35.5 Å². The van der Waals surface area contributed by atoms with Crippen LogP contribution in [0.15, 0.2) is 23.2 Å². The Kier molecular flexibility index (Phi) is 8.01. The number of rotatable bonds is 7. The Labute approximate surface area is 194 Å². The zero-order valence-electron chi connectivity index (χ0n) is 18.5. The topological polar surface area (TPSA) is 115 Å². The Morgan fingerprint density at radius 3 is 2.70 bits per heavy atom. The first kappa shape index (κ1) is 25.0. The number of halogens is 1. The van der Waals surface area contributed by atoms with Gasteiger partial charge in [-0.05, 0) is 43.9 Å². The molecule has 1 saturated heterocycles. The molecule has 1 aliphatic heterocycles. The van der Waals surface area contributed by atoms with Crippen LogP contribution in [0.1, 0.15) is 32.6 Å². The molecule has 1 fully saturated rings. The van der Waals surface area contributed by atoms with Crippen LogP contribution in [0.3, 0.4) is 0 Å². The molecule has 0 saturated carbocycles. The quantitative estimate of drug-likeness (QED) is 0.535. The SMILES string of the molecule is CCC1CCCCN1C(=O)CS(=O)(=O)CC(=O)N=c1sc2cc(F)ccc2n1CC(=O)OC. The van der Waals surface area contributed by atoms with Crippen molar-refractivity contribution in [2.24, 2.45) is 4.99 Å². The summed E-state index contributed by atoms with van der Waals surface area (Å²) in [6.07, 6.45) is 3.40. The number of methoxy groups -OCH3 is 1. The molecule has 1 atom stereocenters. The van der Waals surface area contributed by atoms with Crippen molar-refractivity contribution >= 4 is 49.2 Å². The van der Waals surface area contributed by atoms with E-state index in [-0.39, 0.29) is 17.4 Å². The Morgan fingerprint density at radius 2 is 2.00 bits per heavy atom. The molecule has 0 bridgehead atoms. The second kappa shape index (κ2) is 10.6. The van der Waals surface area contributed by atoms with E-state index in [1.165, 1.54) is 29.9 Å². The fourth-order valence-corrected chi connectivity index (χ4v) is 6.04. The molecule has 1 aliphatic rings. The fourth-order valence-electron chi connectivity index (χ4n) is 3.88. The summed E-state index contributed by atoms with van der Waals surface area (Å²) < 4.78 is 45.2. The van der Waals surface area contributed by atoms with Crippen LogP contribution in [0, 0.1) is 5.82 Å². The number of aromatic nitrogens is 1. The van der Waals surface area contributed by atoms with Crippen LogP contribution in [-0.4, -0.2) is 66.9 Å². The number of sulfone groups is 1. The van der Waals surface area contributed by atoms with Gasteiger partial charge in [0, 0.05) is 12.6 Å². The average molecular weight is 500 g/mol. The van der Waals surface area contributed by atoms with Gasteiger partial charge in [0.25, 0.3) is 5.91 Å². The molecule has 2 heterocycles. The van der Waals surface area contributed by atoms with E-state index < -0.39 is 44.9 Å². The zero-order valence-corrected chi connectivity index (χ0v) is 20.1. The highest BCUT2D eigenvalue weighted by Crippen LogP contribution is 2.20. The molecule has 2 aromatic rings. The Bertz CT molecular complexity index is 1230. The van der Waals surface area contributed by atoms with E-state index in [1.807, 2.05) is 6.92 Å². The number of carbonyl (C=O) groups excluding carboxylic acids is 3. The molecule has 0 radical (unpaired) electrons. The van der Waals surface area contributed by atoms with Crippen LogP contribution in [0.4, 0.5) is 4.39 Å². The lowest BCUT2D eigenvalue weighted by molar-refractivity contribution is -0.141. The molecule has 0 aliphatic carbocycles. The number of thiazole rings is 1.